The summed E-state index contributed by atoms with van der Waals surface area (Å²) < 4.78 is 32.2. The van der Waals surface area contributed by atoms with Crippen molar-refractivity contribution in [2.45, 2.75) is 37.5 Å². The Morgan fingerprint density at radius 2 is 1.58 bits per heavy atom. The largest absolute Gasteiger partial charge is 0.438 e. The Morgan fingerprint density at radius 3 is 2.03 bits per heavy atom. The van der Waals surface area contributed by atoms with Crippen LogP contribution in [0.1, 0.15) is 37.3 Å². The molecule has 4 rings (SSSR count). The van der Waals surface area contributed by atoms with E-state index in [1.54, 1.807) is 31.2 Å². The van der Waals surface area contributed by atoms with Gasteiger partial charge in [0.2, 0.25) is 0 Å². The molecule has 2 fully saturated rings. The number of hydrogen-bond donors (Lipinski definition) is 2. The smallest absolute Gasteiger partial charge is 0.410 e. The van der Waals surface area contributed by atoms with Gasteiger partial charge in [0.05, 0.1) is 0 Å². The first-order valence-electron chi connectivity index (χ1n) is 10.5. The van der Waals surface area contributed by atoms with Gasteiger partial charge < -0.3 is 14.7 Å². The fraction of sp³-hybridized carbons (Fsp3) is 0.375. The van der Waals surface area contributed by atoms with Gasteiger partial charge in [0.25, 0.3) is 0 Å². The van der Waals surface area contributed by atoms with Gasteiger partial charge in [-0.15, -0.1) is 0 Å². The number of alkyl carbamates (subject to hydrolysis) is 1. The Kier molecular flexibility index (Phi) is 5.81. The van der Waals surface area contributed by atoms with Gasteiger partial charge in [-0.2, -0.15) is 0 Å². The summed E-state index contributed by atoms with van der Waals surface area (Å²) in [6.45, 7) is 3.75. The van der Waals surface area contributed by atoms with Gasteiger partial charge in [-0.3, -0.25) is 5.32 Å². The van der Waals surface area contributed by atoms with Crippen molar-refractivity contribution in [3.05, 3.63) is 77.4 Å². The number of nitrogens with one attached hydrogen (secondary N) is 1. The predicted octanol–water partition coefficient (Wildman–Crippen LogP) is 4.07. The van der Waals surface area contributed by atoms with Crippen LogP contribution in [0.15, 0.2) is 54.6 Å². The summed E-state index contributed by atoms with van der Waals surface area (Å²) in [7, 11) is 0. The summed E-state index contributed by atoms with van der Waals surface area (Å²) in [6, 6.07) is 12.5. The standard InChI is InChI=1S/C24H26F2N2O3/c1-23(30)24(31-22(29)27-23)12-15-28(16-13-24)14-2-3-21(17-4-8-19(25)9-5-17)18-6-10-20(26)11-7-18/h3-11,30H,2,12-16H2,1H3,(H,27,29). The van der Waals surface area contributed by atoms with Crippen LogP contribution >= 0.6 is 0 Å². The van der Waals surface area contributed by atoms with E-state index in [-0.39, 0.29) is 11.6 Å². The Labute approximate surface area is 180 Å². The zero-order chi connectivity index (χ0) is 22.1. The molecule has 5 nitrogen and oxygen atoms in total. The summed E-state index contributed by atoms with van der Waals surface area (Å²) in [5.74, 6) is -0.607. The summed E-state index contributed by atoms with van der Waals surface area (Å²) in [5, 5.41) is 13.0. The second-order valence-electron chi connectivity index (χ2n) is 8.34. The number of carbonyl (C=O) groups is 1. The second kappa shape index (κ2) is 8.40. The molecular formula is C24H26F2N2O3. The zero-order valence-corrected chi connectivity index (χ0v) is 17.4. The minimum atomic E-state index is -1.37. The average Bonchev–Trinajstić information content (AvgIpc) is 2.96. The van der Waals surface area contributed by atoms with Crippen molar-refractivity contribution in [2.24, 2.45) is 0 Å². The maximum Gasteiger partial charge on any atom is 0.410 e. The lowest BCUT2D eigenvalue weighted by molar-refractivity contribution is -0.132. The second-order valence-corrected chi connectivity index (χ2v) is 8.34. The van der Waals surface area contributed by atoms with E-state index in [4.69, 9.17) is 4.74 Å². The predicted molar refractivity (Wildman–Crippen MR) is 113 cm³/mol. The van der Waals surface area contributed by atoms with Gasteiger partial charge in [0.15, 0.2) is 11.3 Å². The number of likely N-dealkylation sites (tertiary alicyclic amines) is 1. The highest BCUT2D eigenvalue weighted by Gasteiger charge is 2.57. The number of halogens is 2. The van der Waals surface area contributed by atoms with Crippen LogP contribution in [0.2, 0.25) is 0 Å². The molecule has 1 unspecified atom stereocenters. The number of piperidine rings is 1. The third kappa shape index (κ3) is 4.48. The molecule has 0 saturated carbocycles. The minimum Gasteiger partial charge on any atom is -0.438 e. The highest BCUT2D eigenvalue weighted by atomic mass is 19.1. The van der Waals surface area contributed by atoms with E-state index >= 15 is 0 Å². The number of carbonyl (C=O) groups excluding carboxylic acids is 1. The molecule has 0 radical (unpaired) electrons. The zero-order valence-electron chi connectivity index (χ0n) is 17.4. The molecule has 2 aromatic rings. The molecular weight excluding hydrogens is 402 g/mol. The van der Waals surface area contributed by atoms with Gasteiger partial charge in [-0.25, -0.2) is 13.6 Å². The number of hydrogen-bond acceptors (Lipinski definition) is 4. The Morgan fingerprint density at radius 1 is 1.06 bits per heavy atom. The number of aliphatic hydroxyl groups is 1. The molecule has 31 heavy (non-hydrogen) atoms. The molecule has 1 spiro atoms. The topological polar surface area (TPSA) is 61.8 Å². The number of rotatable bonds is 5. The monoisotopic (exact) mass is 428 g/mol. The summed E-state index contributed by atoms with van der Waals surface area (Å²) in [6.07, 6.45) is 3.34. The van der Waals surface area contributed by atoms with Crippen LogP contribution < -0.4 is 5.32 Å². The summed E-state index contributed by atoms with van der Waals surface area (Å²) in [5.41, 5.74) is 0.402. The van der Waals surface area contributed by atoms with Crippen LogP contribution in [-0.2, 0) is 4.74 Å². The van der Waals surface area contributed by atoms with Crippen molar-refractivity contribution in [3.8, 4) is 0 Å². The maximum absolute atomic E-state index is 13.4. The quantitative estimate of drug-likeness (QED) is 0.754. The van der Waals surface area contributed by atoms with Crippen LogP contribution in [0.3, 0.4) is 0 Å². The fourth-order valence-corrected chi connectivity index (χ4v) is 4.39. The van der Waals surface area contributed by atoms with Crippen molar-refractivity contribution in [1.82, 2.24) is 10.2 Å². The van der Waals surface area contributed by atoms with Crippen LogP contribution in [-0.4, -0.2) is 47.1 Å². The van der Waals surface area contributed by atoms with E-state index in [1.165, 1.54) is 24.3 Å². The highest BCUT2D eigenvalue weighted by molar-refractivity contribution is 5.79. The lowest BCUT2D eigenvalue weighted by Crippen LogP contribution is -2.59. The van der Waals surface area contributed by atoms with E-state index in [0.29, 0.717) is 25.9 Å². The molecule has 2 aliphatic heterocycles. The van der Waals surface area contributed by atoms with Crippen LogP contribution in [0.4, 0.5) is 13.6 Å². The molecule has 2 N–H and O–H groups in total. The van der Waals surface area contributed by atoms with E-state index in [0.717, 1.165) is 29.7 Å². The van der Waals surface area contributed by atoms with Gasteiger partial charge in [0.1, 0.15) is 11.6 Å². The third-order valence-corrected chi connectivity index (χ3v) is 6.29. The molecule has 0 aliphatic carbocycles. The number of nitrogens with zero attached hydrogens (tertiary/aromatic N) is 1. The SMILES string of the molecule is CC1(O)NC(=O)OC12CCN(CCC=C(c1ccc(F)cc1)c1ccc(F)cc1)CC2. The van der Waals surface area contributed by atoms with Gasteiger partial charge >= 0.3 is 6.09 Å². The molecule has 0 aromatic heterocycles. The van der Waals surface area contributed by atoms with Crippen molar-refractivity contribution < 1.29 is 23.4 Å². The first kappa shape index (κ1) is 21.5. The fourth-order valence-electron chi connectivity index (χ4n) is 4.39. The molecule has 2 aliphatic rings. The summed E-state index contributed by atoms with van der Waals surface area (Å²) >= 11 is 0. The minimum absolute atomic E-state index is 0.303. The molecule has 1 amide bonds. The number of benzene rings is 2. The van der Waals surface area contributed by atoms with E-state index < -0.39 is 17.4 Å². The lowest BCUT2D eigenvalue weighted by atomic mass is 9.82. The van der Waals surface area contributed by atoms with Crippen molar-refractivity contribution in [1.29, 1.82) is 0 Å². The normalized spacial score (nSPS) is 22.8. The number of ether oxygens (including phenoxy) is 1. The number of amides is 1. The molecule has 7 heteroatoms. The Hall–Kier alpha value is -2.77. The Balaban J connectivity index is 1.43. The average molecular weight is 428 g/mol. The van der Waals surface area contributed by atoms with Crippen LogP contribution in [0, 0.1) is 11.6 Å². The van der Waals surface area contributed by atoms with Crippen molar-refractivity contribution >= 4 is 11.7 Å². The first-order chi connectivity index (χ1) is 14.8. The van der Waals surface area contributed by atoms with E-state index in [1.807, 2.05) is 0 Å². The first-order valence-corrected chi connectivity index (χ1v) is 10.5. The lowest BCUT2D eigenvalue weighted by Gasteiger charge is -2.42. The van der Waals surface area contributed by atoms with Gasteiger partial charge in [-0.1, -0.05) is 30.3 Å². The van der Waals surface area contributed by atoms with Crippen LogP contribution in [0.25, 0.3) is 5.57 Å². The van der Waals surface area contributed by atoms with Crippen LogP contribution in [0.5, 0.6) is 0 Å². The van der Waals surface area contributed by atoms with Crippen molar-refractivity contribution in [3.63, 3.8) is 0 Å². The van der Waals surface area contributed by atoms with Crippen molar-refractivity contribution in [2.75, 3.05) is 19.6 Å². The van der Waals surface area contributed by atoms with E-state index in [9.17, 15) is 18.7 Å². The van der Waals surface area contributed by atoms with E-state index in [2.05, 4.69) is 16.3 Å². The molecule has 0 bridgehead atoms. The van der Waals surface area contributed by atoms with Gasteiger partial charge in [-0.05, 0) is 54.3 Å². The summed E-state index contributed by atoms with van der Waals surface area (Å²) in [4.78, 5) is 13.9. The molecule has 2 aromatic carbocycles. The molecule has 2 heterocycles. The molecule has 164 valence electrons. The third-order valence-electron chi connectivity index (χ3n) is 6.29. The molecule has 1 atom stereocenters. The van der Waals surface area contributed by atoms with Gasteiger partial charge in [0, 0.05) is 32.5 Å². The maximum atomic E-state index is 13.4. The Bertz CT molecular complexity index is 916. The highest BCUT2D eigenvalue weighted by Crippen LogP contribution is 2.39. The molecule has 2 saturated heterocycles.